The summed E-state index contributed by atoms with van der Waals surface area (Å²) < 4.78 is 0. The van der Waals surface area contributed by atoms with Crippen LogP contribution in [0.2, 0.25) is 5.02 Å². The minimum absolute atomic E-state index is 0.251. The maximum Gasteiger partial charge on any atom is 0.170 e. The number of hydrogen-bond acceptors (Lipinski definition) is 4. The van der Waals surface area contributed by atoms with Crippen LogP contribution in [0.4, 0.5) is 5.69 Å². The molecule has 1 aromatic carbocycles. The lowest BCUT2D eigenvalue weighted by molar-refractivity contribution is 0.0529. The number of benzene rings is 1. The molecule has 74 valence electrons. The molecule has 1 rings (SSSR count). The van der Waals surface area contributed by atoms with Crippen LogP contribution in [0.5, 0.6) is 0 Å². The first-order valence-electron chi connectivity index (χ1n) is 3.87. The van der Waals surface area contributed by atoms with Gasteiger partial charge in [0.25, 0.3) is 0 Å². The smallest absolute Gasteiger partial charge is 0.170 e. The molecular weight excluding hydrogens is 204 g/mol. The summed E-state index contributed by atoms with van der Waals surface area (Å²) in [6.07, 6.45) is -2.84. The van der Waals surface area contributed by atoms with Crippen LogP contribution in [-0.4, -0.2) is 16.3 Å². The molecule has 0 amide bonds. The fourth-order valence-corrected chi connectivity index (χ4v) is 1.26. The summed E-state index contributed by atoms with van der Waals surface area (Å²) in [6.45, 7) is 0. The summed E-state index contributed by atoms with van der Waals surface area (Å²) in [7, 11) is 0. The van der Waals surface area contributed by atoms with Crippen molar-refractivity contribution in [2.75, 3.05) is 5.73 Å². The van der Waals surface area contributed by atoms with E-state index in [1.807, 2.05) is 0 Å². The minimum Gasteiger partial charge on any atom is -0.399 e. The van der Waals surface area contributed by atoms with Crippen LogP contribution in [0.1, 0.15) is 11.7 Å². The Hall–Kier alpha value is -1.28. The van der Waals surface area contributed by atoms with E-state index < -0.39 is 12.2 Å². The van der Waals surface area contributed by atoms with Crippen molar-refractivity contribution in [1.82, 2.24) is 0 Å². The molecule has 0 saturated heterocycles. The number of anilines is 1. The Balaban J connectivity index is 3.07. The van der Waals surface area contributed by atoms with E-state index in [1.54, 1.807) is 6.07 Å². The van der Waals surface area contributed by atoms with E-state index >= 15 is 0 Å². The lowest BCUT2D eigenvalue weighted by Gasteiger charge is -2.13. The van der Waals surface area contributed by atoms with E-state index in [2.05, 4.69) is 0 Å². The van der Waals surface area contributed by atoms with Gasteiger partial charge in [0.2, 0.25) is 0 Å². The number of nitrogens with two attached hydrogens (primary N) is 1. The van der Waals surface area contributed by atoms with Crippen molar-refractivity contribution in [3.8, 4) is 6.07 Å². The molecule has 4 N–H and O–H groups in total. The molecule has 0 saturated carbocycles. The van der Waals surface area contributed by atoms with Crippen LogP contribution in [0, 0.1) is 11.3 Å². The van der Waals surface area contributed by atoms with E-state index in [0.717, 1.165) is 0 Å². The molecule has 2 unspecified atom stereocenters. The Kier molecular flexibility index (Phi) is 3.31. The van der Waals surface area contributed by atoms with Crippen LogP contribution >= 0.6 is 11.6 Å². The summed E-state index contributed by atoms with van der Waals surface area (Å²) in [6, 6.07) is 6.01. The van der Waals surface area contributed by atoms with Crippen molar-refractivity contribution in [1.29, 1.82) is 5.26 Å². The van der Waals surface area contributed by atoms with Gasteiger partial charge in [0.05, 0.1) is 6.07 Å². The Labute approximate surface area is 86.2 Å². The minimum atomic E-state index is -1.51. The standard InChI is InChI=1S/C9H9ClN2O2/c10-7-2-1-5(12)3-6(7)9(14)8(13)4-11/h1-3,8-9,13-14H,12H2. The van der Waals surface area contributed by atoms with Crippen molar-refractivity contribution >= 4 is 17.3 Å². The van der Waals surface area contributed by atoms with Gasteiger partial charge >= 0.3 is 0 Å². The zero-order chi connectivity index (χ0) is 10.7. The highest BCUT2D eigenvalue weighted by atomic mass is 35.5. The maximum absolute atomic E-state index is 9.48. The lowest BCUT2D eigenvalue weighted by Crippen LogP contribution is -2.16. The predicted molar refractivity (Wildman–Crippen MR) is 52.4 cm³/mol. The van der Waals surface area contributed by atoms with Gasteiger partial charge in [-0.1, -0.05) is 11.6 Å². The van der Waals surface area contributed by atoms with E-state index in [0.29, 0.717) is 5.69 Å². The molecule has 0 aliphatic heterocycles. The average molecular weight is 213 g/mol. The number of nitrogens with zero attached hydrogens (tertiary/aromatic N) is 1. The Morgan fingerprint density at radius 3 is 2.64 bits per heavy atom. The summed E-state index contributed by atoms with van der Waals surface area (Å²) in [5, 5.41) is 27.2. The molecule has 5 heteroatoms. The highest BCUT2D eigenvalue weighted by Crippen LogP contribution is 2.27. The topological polar surface area (TPSA) is 90.3 Å². The highest BCUT2D eigenvalue weighted by Gasteiger charge is 2.20. The van der Waals surface area contributed by atoms with Gasteiger partial charge in [0.1, 0.15) is 6.10 Å². The summed E-state index contributed by atoms with van der Waals surface area (Å²) >= 11 is 5.76. The van der Waals surface area contributed by atoms with Gasteiger partial charge in [-0.2, -0.15) is 5.26 Å². The molecule has 14 heavy (non-hydrogen) atoms. The number of aliphatic hydroxyl groups excluding tert-OH is 2. The van der Waals surface area contributed by atoms with Crippen molar-refractivity contribution in [2.45, 2.75) is 12.2 Å². The summed E-state index contributed by atoms with van der Waals surface area (Å²) in [5.41, 5.74) is 6.13. The number of hydrogen-bond donors (Lipinski definition) is 3. The molecule has 0 radical (unpaired) electrons. The second-order valence-electron chi connectivity index (χ2n) is 2.80. The molecule has 0 bridgehead atoms. The van der Waals surface area contributed by atoms with Gasteiger partial charge < -0.3 is 15.9 Å². The molecule has 0 heterocycles. The molecule has 0 fully saturated rings. The lowest BCUT2D eigenvalue weighted by atomic mass is 10.0. The Morgan fingerprint density at radius 1 is 1.43 bits per heavy atom. The quantitative estimate of drug-likeness (QED) is 0.501. The van der Waals surface area contributed by atoms with Crippen molar-refractivity contribution in [3.63, 3.8) is 0 Å². The maximum atomic E-state index is 9.48. The highest BCUT2D eigenvalue weighted by molar-refractivity contribution is 6.31. The number of nitrogen functional groups attached to an aromatic ring is 1. The fraction of sp³-hybridized carbons (Fsp3) is 0.222. The third-order valence-electron chi connectivity index (χ3n) is 1.77. The van der Waals surface area contributed by atoms with E-state index in [1.165, 1.54) is 18.2 Å². The van der Waals surface area contributed by atoms with Crippen LogP contribution in [0.15, 0.2) is 18.2 Å². The molecule has 0 aliphatic rings. The molecular formula is C9H9ClN2O2. The third kappa shape index (κ3) is 2.15. The van der Waals surface area contributed by atoms with Gasteiger partial charge in [-0.25, -0.2) is 0 Å². The molecule has 0 spiro atoms. The summed E-state index contributed by atoms with van der Waals surface area (Å²) in [4.78, 5) is 0. The SMILES string of the molecule is N#CC(O)C(O)c1cc(N)ccc1Cl. The summed E-state index contributed by atoms with van der Waals surface area (Å²) in [5.74, 6) is 0. The van der Waals surface area contributed by atoms with E-state index in [9.17, 15) is 5.11 Å². The molecule has 2 atom stereocenters. The zero-order valence-corrected chi connectivity index (χ0v) is 7.94. The first-order chi connectivity index (χ1) is 6.56. The first-order valence-corrected chi connectivity index (χ1v) is 4.24. The first kappa shape index (κ1) is 10.8. The molecule has 0 aromatic heterocycles. The van der Waals surface area contributed by atoms with E-state index in [-0.39, 0.29) is 10.6 Å². The monoisotopic (exact) mass is 212 g/mol. The number of aliphatic hydroxyl groups is 2. The average Bonchev–Trinajstić information content (AvgIpc) is 2.19. The fourth-order valence-electron chi connectivity index (χ4n) is 1.03. The van der Waals surface area contributed by atoms with Crippen molar-refractivity contribution in [3.05, 3.63) is 28.8 Å². The van der Waals surface area contributed by atoms with Gasteiger partial charge in [0, 0.05) is 16.3 Å². The predicted octanol–water partition coefficient (Wildman–Crippen LogP) is 0.840. The van der Waals surface area contributed by atoms with Gasteiger partial charge in [0.15, 0.2) is 6.10 Å². The molecule has 0 aliphatic carbocycles. The van der Waals surface area contributed by atoms with Crippen LogP contribution in [-0.2, 0) is 0 Å². The van der Waals surface area contributed by atoms with Crippen LogP contribution in [0.25, 0.3) is 0 Å². The van der Waals surface area contributed by atoms with Crippen molar-refractivity contribution < 1.29 is 10.2 Å². The number of nitriles is 1. The molecule has 4 nitrogen and oxygen atoms in total. The second kappa shape index (κ2) is 4.29. The Morgan fingerprint density at radius 2 is 2.07 bits per heavy atom. The molecule has 1 aromatic rings. The zero-order valence-electron chi connectivity index (χ0n) is 7.18. The van der Waals surface area contributed by atoms with E-state index in [4.69, 9.17) is 27.7 Å². The van der Waals surface area contributed by atoms with Gasteiger partial charge in [-0.15, -0.1) is 0 Å². The van der Waals surface area contributed by atoms with Crippen molar-refractivity contribution in [2.24, 2.45) is 0 Å². The normalized spacial score (nSPS) is 14.4. The van der Waals surface area contributed by atoms with Gasteiger partial charge in [-0.05, 0) is 18.2 Å². The van der Waals surface area contributed by atoms with Crippen LogP contribution in [0.3, 0.4) is 0 Å². The number of halogens is 1. The largest absolute Gasteiger partial charge is 0.399 e. The number of rotatable bonds is 2. The second-order valence-corrected chi connectivity index (χ2v) is 3.21. The Bertz CT molecular complexity index is 376. The van der Waals surface area contributed by atoms with Gasteiger partial charge in [-0.3, -0.25) is 0 Å². The van der Waals surface area contributed by atoms with Crippen LogP contribution < -0.4 is 5.73 Å². The third-order valence-corrected chi connectivity index (χ3v) is 2.11.